The van der Waals surface area contributed by atoms with Crippen LogP contribution in [0.5, 0.6) is 17.2 Å². The number of aliphatic imine (C=N–C) groups is 1. The zero-order valence-electron chi connectivity index (χ0n) is 16.7. The number of hydrogen-bond donors (Lipinski definition) is 2. The van der Waals surface area contributed by atoms with Crippen LogP contribution in [0.1, 0.15) is 25.3 Å². The Kier molecular flexibility index (Phi) is 7.79. The summed E-state index contributed by atoms with van der Waals surface area (Å²) in [4.78, 5) is 4.73. The monoisotopic (exact) mass is 371 g/mol. The molecule has 27 heavy (non-hydrogen) atoms. The Morgan fingerprint density at radius 3 is 2.33 bits per heavy atom. The number of guanidine groups is 1. The van der Waals surface area contributed by atoms with Crippen molar-refractivity contribution in [3.05, 3.63) is 48.0 Å². The van der Waals surface area contributed by atoms with Gasteiger partial charge in [-0.05, 0) is 30.7 Å². The zero-order valence-corrected chi connectivity index (χ0v) is 16.7. The highest BCUT2D eigenvalue weighted by molar-refractivity contribution is 5.94. The van der Waals surface area contributed by atoms with E-state index in [1.54, 1.807) is 21.3 Å². The number of benzene rings is 2. The number of methoxy groups -OCH3 is 3. The molecule has 0 heterocycles. The summed E-state index contributed by atoms with van der Waals surface area (Å²) in [5.74, 6) is 3.18. The molecule has 0 aliphatic heterocycles. The van der Waals surface area contributed by atoms with E-state index in [-0.39, 0.29) is 5.92 Å². The highest BCUT2D eigenvalue weighted by Gasteiger charge is 2.11. The van der Waals surface area contributed by atoms with Crippen LogP contribution in [0.3, 0.4) is 0 Å². The number of hydrogen-bond acceptors (Lipinski definition) is 4. The van der Waals surface area contributed by atoms with Crippen molar-refractivity contribution in [2.75, 3.05) is 39.7 Å². The van der Waals surface area contributed by atoms with E-state index in [2.05, 4.69) is 23.6 Å². The third-order valence-corrected chi connectivity index (χ3v) is 4.18. The number of ether oxygens (including phenoxy) is 3. The van der Waals surface area contributed by atoms with Gasteiger partial charge in [-0.25, -0.2) is 0 Å². The molecule has 1 unspecified atom stereocenters. The molecule has 0 spiro atoms. The molecule has 0 saturated carbocycles. The Bertz CT molecular complexity index is 762. The van der Waals surface area contributed by atoms with Gasteiger partial charge in [-0.1, -0.05) is 25.1 Å². The Morgan fingerprint density at radius 2 is 1.67 bits per heavy atom. The van der Waals surface area contributed by atoms with Crippen LogP contribution in [-0.4, -0.2) is 40.4 Å². The molecule has 2 rings (SSSR count). The molecule has 0 bridgehead atoms. The fourth-order valence-electron chi connectivity index (χ4n) is 2.76. The van der Waals surface area contributed by atoms with Crippen LogP contribution < -0.4 is 24.8 Å². The maximum atomic E-state index is 5.46. The number of nitrogens with zero attached hydrogens (tertiary/aromatic N) is 1. The van der Waals surface area contributed by atoms with Gasteiger partial charge >= 0.3 is 0 Å². The summed E-state index contributed by atoms with van der Waals surface area (Å²) in [6, 6.07) is 13.7. The molecule has 0 aliphatic rings. The average Bonchev–Trinajstić information content (AvgIpc) is 2.71. The molecule has 1 atom stereocenters. The first kappa shape index (κ1) is 20.4. The number of nitrogens with one attached hydrogen (secondary N) is 2. The Balaban J connectivity index is 2.14. The third kappa shape index (κ3) is 5.54. The van der Waals surface area contributed by atoms with Crippen molar-refractivity contribution in [3.63, 3.8) is 0 Å². The molecule has 0 fully saturated rings. The summed E-state index contributed by atoms with van der Waals surface area (Å²) in [6.07, 6.45) is 0. The maximum absolute atomic E-state index is 5.46. The van der Waals surface area contributed by atoms with Gasteiger partial charge < -0.3 is 24.8 Å². The second-order valence-corrected chi connectivity index (χ2v) is 6.06. The van der Waals surface area contributed by atoms with Gasteiger partial charge in [0.2, 0.25) is 0 Å². The minimum atomic E-state index is 0.224. The third-order valence-electron chi connectivity index (χ3n) is 4.18. The first-order valence-corrected chi connectivity index (χ1v) is 9.03. The van der Waals surface area contributed by atoms with Crippen LogP contribution in [0.25, 0.3) is 0 Å². The normalized spacial score (nSPS) is 12.3. The number of anilines is 1. The molecule has 6 nitrogen and oxygen atoms in total. The predicted molar refractivity (Wildman–Crippen MR) is 111 cm³/mol. The standard InChI is InChI=1S/C21H29N3O3/c1-6-22-21(24-16-11-12-19(26-4)20(13-16)27-5)23-14-15(2)17-9-7-8-10-18(17)25-3/h7-13,15H,6,14H2,1-5H3,(H2,22,23,24). The molecule has 0 aromatic heterocycles. The van der Waals surface area contributed by atoms with Gasteiger partial charge in [-0.15, -0.1) is 0 Å². The molecule has 0 aliphatic carbocycles. The van der Waals surface area contributed by atoms with Crippen molar-refractivity contribution in [1.29, 1.82) is 0 Å². The van der Waals surface area contributed by atoms with Crippen LogP contribution in [-0.2, 0) is 0 Å². The van der Waals surface area contributed by atoms with Crippen molar-refractivity contribution in [2.24, 2.45) is 4.99 Å². The van der Waals surface area contributed by atoms with Crippen LogP contribution in [0.2, 0.25) is 0 Å². The minimum Gasteiger partial charge on any atom is -0.496 e. The lowest BCUT2D eigenvalue weighted by atomic mass is 10.0. The van der Waals surface area contributed by atoms with E-state index in [9.17, 15) is 0 Å². The smallest absolute Gasteiger partial charge is 0.195 e. The van der Waals surface area contributed by atoms with Crippen molar-refractivity contribution < 1.29 is 14.2 Å². The maximum Gasteiger partial charge on any atom is 0.195 e. The number of rotatable bonds is 8. The topological polar surface area (TPSA) is 64.1 Å². The van der Waals surface area contributed by atoms with E-state index in [4.69, 9.17) is 19.2 Å². The van der Waals surface area contributed by atoms with Crippen molar-refractivity contribution >= 4 is 11.6 Å². The van der Waals surface area contributed by atoms with Gasteiger partial charge in [-0.3, -0.25) is 4.99 Å². The summed E-state index contributed by atoms with van der Waals surface area (Å²) in [7, 11) is 4.93. The van der Waals surface area contributed by atoms with Gasteiger partial charge in [0.05, 0.1) is 21.3 Å². The molecule has 0 radical (unpaired) electrons. The second kappa shape index (κ2) is 10.3. The van der Waals surface area contributed by atoms with Crippen LogP contribution in [0.4, 0.5) is 5.69 Å². The molecule has 2 N–H and O–H groups in total. The molecular weight excluding hydrogens is 342 g/mol. The van der Waals surface area contributed by atoms with Crippen LogP contribution in [0, 0.1) is 0 Å². The Labute approximate surface area is 161 Å². The summed E-state index contributed by atoms with van der Waals surface area (Å²) in [5, 5.41) is 6.58. The summed E-state index contributed by atoms with van der Waals surface area (Å²) < 4.78 is 16.1. The van der Waals surface area contributed by atoms with Crippen molar-refractivity contribution in [2.45, 2.75) is 19.8 Å². The Morgan fingerprint density at radius 1 is 0.963 bits per heavy atom. The molecular formula is C21H29N3O3. The first-order chi connectivity index (χ1) is 13.1. The summed E-state index contributed by atoms with van der Waals surface area (Å²) >= 11 is 0. The van der Waals surface area contributed by atoms with Gasteiger partial charge in [0.25, 0.3) is 0 Å². The van der Waals surface area contributed by atoms with Gasteiger partial charge in [0, 0.05) is 30.8 Å². The SMILES string of the molecule is CCNC(=NCC(C)c1ccccc1OC)Nc1ccc(OC)c(OC)c1. The predicted octanol–water partition coefficient (Wildman–Crippen LogP) is 3.89. The number of para-hydroxylation sites is 1. The molecule has 2 aromatic rings. The summed E-state index contributed by atoms with van der Waals surface area (Å²) in [5.41, 5.74) is 2.02. The Hall–Kier alpha value is -2.89. The molecule has 0 amide bonds. The van der Waals surface area contributed by atoms with Crippen LogP contribution in [0.15, 0.2) is 47.5 Å². The highest BCUT2D eigenvalue weighted by Crippen LogP contribution is 2.30. The van der Waals surface area contributed by atoms with Crippen molar-refractivity contribution in [3.8, 4) is 17.2 Å². The van der Waals surface area contributed by atoms with E-state index in [1.807, 2.05) is 43.3 Å². The molecule has 0 saturated heterocycles. The quantitative estimate of drug-likeness (QED) is 0.544. The van der Waals surface area contributed by atoms with E-state index >= 15 is 0 Å². The lowest BCUT2D eigenvalue weighted by Crippen LogP contribution is -2.31. The first-order valence-electron chi connectivity index (χ1n) is 9.03. The van der Waals surface area contributed by atoms with Gasteiger partial charge in [-0.2, -0.15) is 0 Å². The van der Waals surface area contributed by atoms with Crippen molar-refractivity contribution in [1.82, 2.24) is 5.32 Å². The molecule has 2 aromatic carbocycles. The van der Waals surface area contributed by atoms with E-state index in [1.165, 1.54) is 0 Å². The second-order valence-electron chi connectivity index (χ2n) is 6.06. The van der Waals surface area contributed by atoms with Gasteiger partial charge in [0.15, 0.2) is 17.5 Å². The minimum absolute atomic E-state index is 0.224. The lowest BCUT2D eigenvalue weighted by Gasteiger charge is -2.16. The fraction of sp³-hybridized carbons (Fsp3) is 0.381. The zero-order chi connectivity index (χ0) is 19.6. The molecule has 6 heteroatoms. The van der Waals surface area contributed by atoms with Gasteiger partial charge in [0.1, 0.15) is 5.75 Å². The molecule has 146 valence electrons. The lowest BCUT2D eigenvalue weighted by molar-refractivity contribution is 0.355. The van der Waals surface area contributed by atoms with Crippen LogP contribution >= 0.6 is 0 Å². The van der Waals surface area contributed by atoms with E-state index in [0.29, 0.717) is 24.0 Å². The highest BCUT2D eigenvalue weighted by atomic mass is 16.5. The van der Waals surface area contributed by atoms with E-state index in [0.717, 1.165) is 23.5 Å². The fourth-order valence-corrected chi connectivity index (χ4v) is 2.76. The van der Waals surface area contributed by atoms with E-state index < -0.39 is 0 Å². The largest absolute Gasteiger partial charge is 0.496 e. The summed E-state index contributed by atoms with van der Waals surface area (Å²) in [6.45, 7) is 5.57. The average molecular weight is 371 g/mol.